The normalized spacial score (nSPS) is 21.3. The van der Waals surface area contributed by atoms with Crippen molar-refractivity contribution in [3.63, 3.8) is 0 Å². The molecule has 2 aromatic heterocycles. The van der Waals surface area contributed by atoms with Crippen LogP contribution in [-0.4, -0.2) is 70.1 Å². The van der Waals surface area contributed by atoms with Crippen molar-refractivity contribution in [2.45, 2.75) is 70.8 Å². The largest absolute Gasteiger partial charge is 0.481 e. The number of carbonyl (C=O) groups is 1. The van der Waals surface area contributed by atoms with Crippen molar-refractivity contribution in [2.24, 2.45) is 5.92 Å². The number of nitrogens with one attached hydrogen (secondary N) is 2. The van der Waals surface area contributed by atoms with Gasteiger partial charge in [-0.25, -0.2) is 4.98 Å². The number of nitrogens with zero attached hydrogens (tertiary/aromatic N) is 4. The summed E-state index contributed by atoms with van der Waals surface area (Å²) in [6, 6.07) is 19.4. The molecule has 2 fully saturated rings. The van der Waals surface area contributed by atoms with Crippen LogP contribution < -0.4 is 15.4 Å². The lowest BCUT2D eigenvalue weighted by molar-refractivity contribution is -0.141. The molecule has 3 aromatic carbocycles. The highest BCUT2D eigenvalue weighted by Crippen LogP contribution is 2.45. The van der Waals surface area contributed by atoms with Crippen molar-refractivity contribution in [1.29, 1.82) is 5.26 Å². The summed E-state index contributed by atoms with van der Waals surface area (Å²) in [5.74, 6) is 0.0993. The van der Waals surface area contributed by atoms with Gasteiger partial charge in [0.1, 0.15) is 23.8 Å². The molecule has 1 unspecified atom stereocenters. The minimum absolute atomic E-state index is 0.108. The summed E-state index contributed by atoms with van der Waals surface area (Å²) in [5.41, 5.74) is 10.9. The Hall–Kier alpha value is -5.12. The number of rotatable bonds is 10. The number of fused-ring (bicyclic) bond motifs is 2. The number of aliphatic hydroxyl groups excluding tert-OH is 1. The molecule has 53 heavy (non-hydrogen) atoms. The average Bonchev–Trinajstić information content (AvgIpc) is 3.98. The third-order valence-corrected chi connectivity index (χ3v) is 11.5. The van der Waals surface area contributed by atoms with Crippen LogP contribution in [0.1, 0.15) is 65.2 Å². The van der Waals surface area contributed by atoms with E-state index < -0.39 is 12.2 Å². The van der Waals surface area contributed by atoms with Crippen LogP contribution in [0.4, 0.5) is 0 Å². The fraction of sp³-hybridized carbons (Fsp3) is 0.381. The van der Waals surface area contributed by atoms with Crippen LogP contribution >= 0.6 is 0 Å². The standard InChI is InChI=1S/C42H44N6O5/c1-23-28(6-4-8-30(23)35-21-45-36(41(47-35)52-3)20-44-19-27-10-13-39(49)46-27)29-7-5-9-31(24(29)2)38-17-26-16-33-32(34(18-43)40(26)53-38)11-12-37(33)48-15-14-25(22-48)42(50)51/h4-9,16-17,21,25,27,37,39,44,46,49H,10-15,19-20,22H2,1-3H3,(H,50,51)/t25-,27+,37-,39?/m1/s1. The van der Waals surface area contributed by atoms with Crippen molar-refractivity contribution in [3.8, 4) is 45.7 Å². The molecule has 0 amide bonds. The lowest BCUT2D eigenvalue weighted by atomic mass is 9.90. The third-order valence-electron chi connectivity index (χ3n) is 11.5. The molecule has 0 saturated carbocycles. The molecule has 0 radical (unpaired) electrons. The number of aliphatic carboxylic acids is 1. The van der Waals surface area contributed by atoms with Crippen molar-refractivity contribution >= 4 is 16.9 Å². The first-order valence-electron chi connectivity index (χ1n) is 18.4. The van der Waals surface area contributed by atoms with Crippen LogP contribution in [0, 0.1) is 31.1 Å². The molecule has 2 saturated heterocycles. The van der Waals surface area contributed by atoms with Crippen LogP contribution in [0.5, 0.6) is 5.88 Å². The number of hydrogen-bond donors (Lipinski definition) is 4. The van der Waals surface area contributed by atoms with Crippen molar-refractivity contribution < 1.29 is 24.2 Å². The zero-order valence-corrected chi connectivity index (χ0v) is 30.3. The molecule has 2 aliphatic heterocycles. The molecular formula is C42H44N6O5. The lowest BCUT2D eigenvalue weighted by Gasteiger charge is -2.24. The molecule has 5 aromatic rings. The number of ether oxygens (including phenoxy) is 1. The van der Waals surface area contributed by atoms with E-state index in [1.165, 1.54) is 0 Å². The second kappa shape index (κ2) is 14.4. The summed E-state index contributed by atoms with van der Waals surface area (Å²) in [6.07, 6.45) is 5.35. The minimum Gasteiger partial charge on any atom is -0.481 e. The Morgan fingerprint density at radius 1 is 1.08 bits per heavy atom. The van der Waals surface area contributed by atoms with Gasteiger partial charge in [-0.05, 0) is 98.0 Å². The Morgan fingerprint density at radius 2 is 1.83 bits per heavy atom. The summed E-state index contributed by atoms with van der Waals surface area (Å²) < 4.78 is 12.2. The number of methoxy groups -OCH3 is 1. The molecule has 4 atom stereocenters. The molecule has 0 bridgehead atoms. The van der Waals surface area contributed by atoms with Gasteiger partial charge < -0.3 is 24.7 Å². The molecule has 0 spiro atoms. The van der Waals surface area contributed by atoms with Crippen molar-refractivity contribution in [3.05, 3.63) is 88.2 Å². The van der Waals surface area contributed by atoms with Crippen LogP contribution in [0.3, 0.4) is 0 Å². The van der Waals surface area contributed by atoms with Gasteiger partial charge in [0.25, 0.3) is 0 Å². The first-order chi connectivity index (χ1) is 25.7. The van der Waals surface area contributed by atoms with Crippen molar-refractivity contribution in [2.75, 3.05) is 26.7 Å². The number of aliphatic hydroxyl groups is 1. The van der Waals surface area contributed by atoms with Gasteiger partial charge in [-0.1, -0.05) is 36.4 Å². The number of likely N-dealkylation sites (tertiary alicyclic amines) is 1. The first kappa shape index (κ1) is 34.9. The highest BCUT2D eigenvalue weighted by Gasteiger charge is 2.37. The monoisotopic (exact) mass is 712 g/mol. The van der Waals surface area contributed by atoms with E-state index in [0.717, 1.165) is 93.5 Å². The van der Waals surface area contributed by atoms with E-state index in [2.05, 4.69) is 65.8 Å². The van der Waals surface area contributed by atoms with Gasteiger partial charge in [-0.3, -0.25) is 20.0 Å². The van der Waals surface area contributed by atoms with Gasteiger partial charge in [-0.15, -0.1) is 0 Å². The second-order valence-corrected chi connectivity index (χ2v) is 14.6. The number of carboxylic acid groups (broad SMARTS) is 1. The smallest absolute Gasteiger partial charge is 0.307 e. The number of nitriles is 1. The van der Waals surface area contributed by atoms with E-state index in [1.807, 2.05) is 18.2 Å². The maximum atomic E-state index is 11.7. The number of furan rings is 1. The fourth-order valence-corrected chi connectivity index (χ4v) is 8.68. The fourth-order valence-electron chi connectivity index (χ4n) is 8.68. The van der Waals surface area contributed by atoms with E-state index in [-0.39, 0.29) is 18.0 Å². The van der Waals surface area contributed by atoms with Gasteiger partial charge in [0, 0.05) is 48.2 Å². The SMILES string of the molecule is COc1nc(-c2cccc(-c3cccc(-c4cc5cc6c(c(C#N)c5o4)CC[C@H]6N4CC[C@@H](C(=O)O)C4)c3C)c2C)cnc1CNC[C@@H]1CCC(O)N1. The maximum absolute atomic E-state index is 11.7. The Kier molecular flexibility index (Phi) is 9.47. The quantitative estimate of drug-likeness (QED) is 0.129. The molecule has 3 aliphatic rings. The maximum Gasteiger partial charge on any atom is 0.307 e. The lowest BCUT2D eigenvalue weighted by Crippen LogP contribution is -2.37. The van der Waals surface area contributed by atoms with Gasteiger partial charge >= 0.3 is 5.97 Å². The number of hydrogen-bond acceptors (Lipinski definition) is 10. The Morgan fingerprint density at radius 3 is 2.53 bits per heavy atom. The van der Waals surface area contributed by atoms with E-state index >= 15 is 0 Å². The zero-order chi connectivity index (χ0) is 36.8. The van der Waals surface area contributed by atoms with E-state index in [4.69, 9.17) is 19.1 Å². The summed E-state index contributed by atoms with van der Waals surface area (Å²) in [4.78, 5) is 23.5. The van der Waals surface area contributed by atoms with Crippen molar-refractivity contribution in [1.82, 2.24) is 25.5 Å². The highest BCUT2D eigenvalue weighted by atomic mass is 16.5. The third kappa shape index (κ3) is 6.46. The number of aromatic nitrogens is 2. The van der Waals surface area contributed by atoms with Gasteiger partial charge in [-0.2, -0.15) is 5.26 Å². The summed E-state index contributed by atoms with van der Waals surface area (Å²) in [5, 5.41) is 37.1. The van der Waals surface area contributed by atoms with Crippen LogP contribution in [-0.2, 0) is 17.8 Å². The predicted octanol–water partition coefficient (Wildman–Crippen LogP) is 6.27. The van der Waals surface area contributed by atoms with Crippen LogP contribution in [0.25, 0.3) is 44.7 Å². The number of benzene rings is 3. The van der Waals surface area contributed by atoms with Gasteiger partial charge in [0.05, 0.1) is 30.5 Å². The molecule has 11 heteroatoms. The molecule has 4 N–H and O–H groups in total. The van der Waals surface area contributed by atoms with Gasteiger partial charge in [0.15, 0.2) is 5.58 Å². The summed E-state index contributed by atoms with van der Waals surface area (Å²) >= 11 is 0. The van der Waals surface area contributed by atoms with E-state index in [9.17, 15) is 20.3 Å². The molecule has 1 aliphatic carbocycles. The number of carboxylic acids is 1. The summed E-state index contributed by atoms with van der Waals surface area (Å²) in [6.45, 7) is 6.71. The highest BCUT2D eigenvalue weighted by molar-refractivity contribution is 5.91. The average molecular weight is 713 g/mol. The Bertz CT molecular complexity index is 2260. The first-order valence-corrected chi connectivity index (χ1v) is 18.4. The predicted molar refractivity (Wildman–Crippen MR) is 201 cm³/mol. The van der Waals surface area contributed by atoms with Gasteiger partial charge in [0.2, 0.25) is 5.88 Å². The Labute approximate surface area is 308 Å². The molecule has 272 valence electrons. The van der Waals surface area contributed by atoms with Crippen LogP contribution in [0.2, 0.25) is 0 Å². The topological polar surface area (TPSA) is 157 Å². The van der Waals surface area contributed by atoms with Crippen LogP contribution in [0.15, 0.2) is 59.1 Å². The summed E-state index contributed by atoms with van der Waals surface area (Å²) in [7, 11) is 1.61. The minimum atomic E-state index is -0.736. The molecule has 8 rings (SSSR count). The van der Waals surface area contributed by atoms with E-state index in [1.54, 1.807) is 13.3 Å². The molecule has 11 nitrogen and oxygen atoms in total. The van der Waals surface area contributed by atoms with E-state index in [0.29, 0.717) is 48.8 Å². The molecule has 4 heterocycles. The Balaban J connectivity index is 1.08. The second-order valence-electron chi connectivity index (χ2n) is 14.6. The molecular weight excluding hydrogens is 668 g/mol. The zero-order valence-electron chi connectivity index (χ0n) is 30.3.